The molecular formula is C30H32ClN3O5. The molecule has 0 aromatic heterocycles. The van der Waals surface area contributed by atoms with Crippen molar-refractivity contribution in [3.63, 3.8) is 0 Å². The van der Waals surface area contributed by atoms with Crippen LogP contribution in [-0.2, 0) is 16.8 Å². The summed E-state index contributed by atoms with van der Waals surface area (Å²) < 4.78 is 11.7. The number of amides is 3. The van der Waals surface area contributed by atoms with Gasteiger partial charge in [-0.15, -0.1) is 0 Å². The van der Waals surface area contributed by atoms with Crippen LogP contribution < -0.4 is 19.7 Å². The van der Waals surface area contributed by atoms with Gasteiger partial charge in [-0.25, -0.2) is 4.79 Å². The first-order valence-electron chi connectivity index (χ1n) is 12.9. The summed E-state index contributed by atoms with van der Waals surface area (Å²) in [6.07, 6.45) is 0.140. The Morgan fingerprint density at radius 1 is 1.08 bits per heavy atom. The minimum atomic E-state index is -1.13. The topological polar surface area (TPSA) is 91.3 Å². The van der Waals surface area contributed by atoms with Gasteiger partial charge in [-0.3, -0.25) is 4.79 Å². The van der Waals surface area contributed by atoms with Gasteiger partial charge in [0.05, 0.1) is 38.8 Å². The average Bonchev–Trinajstić information content (AvgIpc) is 2.90. The lowest BCUT2D eigenvalue weighted by molar-refractivity contribution is -0.118. The van der Waals surface area contributed by atoms with E-state index in [1.54, 1.807) is 24.0 Å². The largest absolute Gasteiger partial charge is 0.493 e. The number of likely N-dealkylation sites (tertiary alicyclic amines) is 1. The fourth-order valence-electron chi connectivity index (χ4n) is 5.33. The third-order valence-electron chi connectivity index (χ3n) is 7.23. The summed E-state index contributed by atoms with van der Waals surface area (Å²) in [4.78, 5) is 28.9. The zero-order valence-electron chi connectivity index (χ0n) is 22.4. The van der Waals surface area contributed by atoms with Crippen LogP contribution in [0, 0.1) is 0 Å². The van der Waals surface area contributed by atoms with Crippen molar-refractivity contribution in [1.29, 1.82) is 0 Å². The number of benzene rings is 3. The molecule has 2 aliphatic rings. The van der Waals surface area contributed by atoms with Crippen molar-refractivity contribution >= 4 is 29.2 Å². The molecule has 5 rings (SSSR count). The lowest BCUT2D eigenvalue weighted by atomic mass is 9.85. The molecule has 8 nitrogen and oxygen atoms in total. The number of ether oxygens (including phenoxy) is 2. The van der Waals surface area contributed by atoms with Crippen molar-refractivity contribution < 1.29 is 24.2 Å². The van der Waals surface area contributed by atoms with E-state index >= 15 is 0 Å². The third kappa shape index (κ3) is 5.02. The summed E-state index contributed by atoms with van der Waals surface area (Å²) in [6, 6.07) is 18.0. The molecule has 2 heterocycles. The summed E-state index contributed by atoms with van der Waals surface area (Å²) in [5, 5.41) is 14.2. The number of nitrogens with one attached hydrogen (secondary N) is 1. The molecule has 0 aliphatic carbocycles. The number of β-amino-alcohol motifs (C(OH)–C–C–N with tert-alkyl or cyclic N) is 1. The first kappa shape index (κ1) is 26.8. The maximum absolute atomic E-state index is 13.7. The first-order valence-corrected chi connectivity index (χ1v) is 13.3. The van der Waals surface area contributed by atoms with Crippen LogP contribution in [-0.4, -0.2) is 55.3 Å². The van der Waals surface area contributed by atoms with E-state index in [4.69, 9.17) is 21.1 Å². The molecule has 3 aromatic carbocycles. The Labute approximate surface area is 233 Å². The van der Waals surface area contributed by atoms with Crippen LogP contribution >= 0.6 is 11.6 Å². The van der Waals surface area contributed by atoms with E-state index in [9.17, 15) is 14.7 Å². The monoisotopic (exact) mass is 549 g/mol. The summed E-state index contributed by atoms with van der Waals surface area (Å²) in [5.74, 6) is 1.13. The quantitative estimate of drug-likeness (QED) is 0.467. The Morgan fingerprint density at radius 2 is 1.74 bits per heavy atom. The molecule has 2 N–H and O–H groups in total. The highest BCUT2D eigenvalue weighted by Gasteiger charge is 2.45. The number of methoxy groups -OCH3 is 1. The van der Waals surface area contributed by atoms with Crippen LogP contribution in [0.1, 0.15) is 42.1 Å². The van der Waals surface area contributed by atoms with Crippen molar-refractivity contribution in [1.82, 2.24) is 10.2 Å². The molecule has 3 amide bonds. The van der Waals surface area contributed by atoms with E-state index in [1.165, 1.54) is 0 Å². The molecule has 1 fully saturated rings. The number of fused-ring (bicyclic) bond motifs is 1. The van der Waals surface area contributed by atoms with Crippen LogP contribution in [0.4, 0.5) is 10.5 Å². The lowest BCUT2D eigenvalue weighted by Crippen LogP contribution is -2.62. The molecule has 0 spiro atoms. The first-order chi connectivity index (χ1) is 18.6. The van der Waals surface area contributed by atoms with Crippen molar-refractivity contribution in [2.75, 3.05) is 32.1 Å². The van der Waals surface area contributed by atoms with E-state index < -0.39 is 11.6 Å². The fourth-order valence-corrected chi connectivity index (χ4v) is 5.46. The van der Waals surface area contributed by atoms with Gasteiger partial charge >= 0.3 is 6.03 Å². The number of halogens is 1. The van der Waals surface area contributed by atoms with Crippen LogP contribution in [0.2, 0.25) is 5.02 Å². The van der Waals surface area contributed by atoms with E-state index in [0.717, 1.165) is 16.7 Å². The zero-order chi connectivity index (χ0) is 27.9. The van der Waals surface area contributed by atoms with Gasteiger partial charge < -0.3 is 29.7 Å². The molecule has 1 atom stereocenters. The predicted octanol–water partition coefficient (Wildman–Crippen LogP) is 4.66. The number of anilines is 1. The third-order valence-corrected chi connectivity index (χ3v) is 7.48. The highest BCUT2D eigenvalue weighted by Crippen LogP contribution is 2.44. The zero-order valence-corrected chi connectivity index (χ0v) is 23.2. The summed E-state index contributed by atoms with van der Waals surface area (Å²) >= 11 is 6.20. The molecule has 1 unspecified atom stereocenters. The SMILES string of the molecule is CNC(=O)N1CC(O)(c2ccc(N3C(=O)Cc4cc(OC)c(OC(C)C)cc4C3c3ccc(Cl)cc3)cc2)C1. The number of hydrogen-bond donors (Lipinski definition) is 2. The Bertz CT molecular complexity index is 1380. The second kappa shape index (κ2) is 10.4. The fraction of sp³-hybridized carbons (Fsp3) is 0.333. The molecule has 2 aliphatic heterocycles. The van der Waals surface area contributed by atoms with E-state index in [0.29, 0.717) is 27.8 Å². The number of hydrogen-bond acceptors (Lipinski definition) is 5. The predicted molar refractivity (Wildman–Crippen MR) is 150 cm³/mol. The van der Waals surface area contributed by atoms with E-state index in [2.05, 4.69) is 5.32 Å². The molecule has 0 bridgehead atoms. The van der Waals surface area contributed by atoms with Gasteiger partial charge in [0.1, 0.15) is 5.60 Å². The van der Waals surface area contributed by atoms with Gasteiger partial charge in [-0.1, -0.05) is 35.9 Å². The maximum atomic E-state index is 13.7. The van der Waals surface area contributed by atoms with E-state index in [1.807, 2.05) is 74.5 Å². The molecule has 39 heavy (non-hydrogen) atoms. The van der Waals surface area contributed by atoms with Crippen LogP contribution in [0.25, 0.3) is 0 Å². The van der Waals surface area contributed by atoms with Gasteiger partial charge in [0, 0.05) is 17.8 Å². The molecule has 0 saturated carbocycles. The van der Waals surface area contributed by atoms with Crippen molar-refractivity contribution in [3.05, 3.63) is 87.9 Å². The molecule has 1 saturated heterocycles. The molecule has 0 radical (unpaired) electrons. The second-order valence-electron chi connectivity index (χ2n) is 10.3. The lowest BCUT2D eigenvalue weighted by Gasteiger charge is -2.46. The Kier molecular flexibility index (Phi) is 7.18. The van der Waals surface area contributed by atoms with Gasteiger partial charge in [0.2, 0.25) is 5.91 Å². The van der Waals surface area contributed by atoms with Crippen LogP contribution in [0.3, 0.4) is 0 Å². The number of rotatable bonds is 6. The standard InChI is InChI=1S/C30H32ClN3O5/c1-18(2)39-26-15-24-20(13-25(26)38-4)14-27(35)34(28(24)19-5-9-22(31)10-6-19)23-11-7-21(8-12-23)30(37)16-33(17-30)29(36)32-3/h5-13,15,18,28,37H,14,16-17H2,1-4H3,(H,32,36). The number of carbonyl (C=O) groups excluding carboxylic acids is 2. The minimum absolute atomic E-state index is 0.0589. The molecular weight excluding hydrogens is 518 g/mol. The molecule has 3 aromatic rings. The highest BCUT2D eigenvalue weighted by molar-refractivity contribution is 6.30. The molecule has 204 valence electrons. The Hall–Kier alpha value is -3.75. The normalized spacial score (nSPS) is 17.9. The summed E-state index contributed by atoms with van der Waals surface area (Å²) in [5.41, 5.74) is 2.98. The average molecular weight is 550 g/mol. The Morgan fingerprint density at radius 3 is 2.33 bits per heavy atom. The summed E-state index contributed by atoms with van der Waals surface area (Å²) in [7, 11) is 3.15. The number of carbonyl (C=O) groups is 2. The maximum Gasteiger partial charge on any atom is 0.317 e. The molecule has 9 heteroatoms. The van der Waals surface area contributed by atoms with Crippen molar-refractivity contribution in [2.45, 2.75) is 38.0 Å². The van der Waals surface area contributed by atoms with E-state index in [-0.39, 0.29) is 37.6 Å². The van der Waals surface area contributed by atoms with Crippen LogP contribution in [0.5, 0.6) is 11.5 Å². The van der Waals surface area contributed by atoms with Gasteiger partial charge in [-0.05, 0) is 72.5 Å². The van der Waals surface area contributed by atoms with Crippen molar-refractivity contribution in [3.8, 4) is 11.5 Å². The van der Waals surface area contributed by atoms with Crippen molar-refractivity contribution in [2.24, 2.45) is 0 Å². The minimum Gasteiger partial charge on any atom is -0.493 e. The number of nitrogens with zero attached hydrogens (tertiary/aromatic N) is 2. The Balaban J connectivity index is 1.55. The van der Waals surface area contributed by atoms with Gasteiger partial charge in [0.15, 0.2) is 11.5 Å². The van der Waals surface area contributed by atoms with Gasteiger partial charge in [0.25, 0.3) is 0 Å². The van der Waals surface area contributed by atoms with Crippen LogP contribution in [0.15, 0.2) is 60.7 Å². The second-order valence-corrected chi connectivity index (χ2v) is 10.7. The number of aliphatic hydroxyl groups is 1. The smallest absolute Gasteiger partial charge is 0.317 e. The summed E-state index contributed by atoms with van der Waals surface area (Å²) in [6.45, 7) is 4.32. The highest BCUT2D eigenvalue weighted by atomic mass is 35.5. The van der Waals surface area contributed by atoms with Gasteiger partial charge in [-0.2, -0.15) is 0 Å². The number of urea groups is 1.